The minimum absolute atomic E-state index is 0.230. The van der Waals surface area contributed by atoms with E-state index in [2.05, 4.69) is 15.6 Å². The zero-order chi connectivity index (χ0) is 19.8. The number of hydrogen-bond donors (Lipinski definition) is 2. The third-order valence-electron chi connectivity index (χ3n) is 3.97. The van der Waals surface area contributed by atoms with Crippen LogP contribution in [-0.2, 0) is 19.5 Å². The Kier molecular flexibility index (Phi) is 7.67. The summed E-state index contributed by atoms with van der Waals surface area (Å²) in [6.45, 7) is 1.38. The Labute approximate surface area is 158 Å². The second kappa shape index (κ2) is 9.97. The third kappa shape index (κ3) is 6.60. The Morgan fingerprint density at radius 2 is 1.67 bits per heavy atom. The molecule has 0 heterocycles. The number of nitrogens with one attached hydrogen (secondary N) is 2. The normalized spacial score (nSPS) is 11.7. The molecular weight excluding hydrogens is 353 g/mol. The molecule has 0 aliphatic carbocycles. The predicted octanol–water partition coefficient (Wildman–Crippen LogP) is 3.07. The number of nitrogens with zero attached hydrogens (tertiary/aromatic N) is 2. The van der Waals surface area contributed by atoms with Gasteiger partial charge in [-0.1, -0.05) is 6.07 Å². The van der Waals surface area contributed by atoms with E-state index >= 15 is 0 Å². The van der Waals surface area contributed by atoms with E-state index in [-0.39, 0.29) is 5.82 Å². The van der Waals surface area contributed by atoms with Crippen molar-refractivity contribution in [3.8, 4) is 0 Å². The van der Waals surface area contributed by atoms with E-state index in [1.807, 2.05) is 25.1 Å². The van der Waals surface area contributed by atoms with Crippen molar-refractivity contribution >= 4 is 5.96 Å². The Balaban J connectivity index is 1.87. The molecule has 7 heteroatoms. The Morgan fingerprint density at radius 3 is 2.37 bits per heavy atom. The van der Waals surface area contributed by atoms with E-state index in [0.717, 1.165) is 17.7 Å². The van der Waals surface area contributed by atoms with Crippen molar-refractivity contribution in [2.24, 2.45) is 4.99 Å². The van der Waals surface area contributed by atoms with Crippen molar-refractivity contribution in [1.29, 1.82) is 0 Å². The molecule has 0 bridgehead atoms. The number of halogens is 3. The molecule has 2 N–H and O–H groups in total. The van der Waals surface area contributed by atoms with Crippen LogP contribution in [0.15, 0.2) is 41.4 Å². The quantitative estimate of drug-likeness (QED) is 0.575. The lowest BCUT2D eigenvalue weighted by atomic mass is 10.1. The van der Waals surface area contributed by atoms with Gasteiger partial charge in [0.25, 0.3) is 0 Å². The second-order valence-corrected chi connectivity index (χ2v) is 6.50. The van der Waals surface area contributed by atoms with E-state index in [1.54, 1.807) is 13.1 Å². The summed E-state index contributed by atoms with van der Waals surface area (Å²) in [4.78, 5) is 6.01. The first-order valence-corrected chi connectivity index (χ1v) is 8.69. The molecule has 0 aliphatic rings. The lowest BCUT2D eigenvalue weighted by molar-refractivity contribution is 0.392. The summed E-state index contributed by atoms with van der Waals surface area (Å²) in [5.74, 6) is -0.586. The number of benzene rings is 2. The van der Waals surface area contributed by atoms with Crippen LogP contribution in [0.2, 0.25) is 0 Å². The van der Waals surface area contributed by atoms with Crippen molar-refractivity contribution in [3.63, 3.8) is 0 Å². The molecule has 0 radical (unpaired) electrons. The average molecular weight is 378 g/mol. The van der Waals surface area contributed by atoms with Gasteiger partial charge in [0.1, 0.15) is 17.5 Å². The molecule has 4 nitrogen and oxygen atoms in total. The van der Waals surface area contributed by atoms with Crippen LogP contribution >= 0.6 is 0 Å². The van der Waals surface area contributed by atoms with Gasteiger partial charge in [0.05, 0.1) is 0 Å². The summed E-state index contributed by atoms with van der Waals surface area (Å²) in [7, 11) is 5.40. The van der Waals surface area contributed by atoms with Crippen molar-refractivity contribution in [2.45, 2.75) is 19.5 Å². The van der Waals surface area contributed by atoms with E-state index in [9.17, 15) is 13.2 Å². The summed E-state index contributed by atoms with van der Waals surface area (Å²) in [5, 5.41) is 6.19. The molecule has 0 saturated carbocycles. The summed E-state index contributed by atoms with van der Waals surface area (Å²) < 4.78 is 40.7. The van der Waals surface area contributed by atoms with Gasteiger partial charge in [0, 0.05) is 32.2 Å². The van der Waals surface area contributed by atoms with Gasteiger partial charge in [-0.25, -0.2) is 13.2 Å². The molecule has 0 unspecified atom stereocenters. The first-order valence-electron chi connectivity index (χ1n) is 8.69. The molecule has 2 aromatic carbocycles. The van der Waals surface area contributed by atoms with Crippen LogP contribution in [0.4, 0.5) is 13.2 Å². The van der Waals surface area contributed by atoms with Crippen LogP contribution in [-0.4, -0.2) is 38.5 Å². The molecule has 2 rings (SSSR count). The van der Waals surface area contributed by atoms with Crippen LogP contribution in [0.25, 0.3) is 0 Å². The molecule has 0 aliphatic heterocycles. The van der Waals surface area contributed by atoms with Crippen LogP contribution in [0, 0.1) is 17.5 Å². The third-order valence-corrected chi connectivity index (χ3v) is 3.97. The number of rotatable bonds is 7. The average Bonchev–Trinajstić information content (AvgIpc) is 2.62. The number of hydrogen-bond acceptors (Lipinski definition) is 2. The highest BCUT2D eigenvalue weighted by molar-refractivity contribution is 5.79. The monoisotopic (exact) mass is 378 g/mol. The Morgan fingerprint density at radius 1 is 0.963 bits per heavy atom. The van der Waals surface area contributed by atoms with Crippen molar-refractivity contribution in [2.75, 3.05) is 27.7 Å². The smallest absolute Gasteiger partial charge is 0.191 e. The molecule has 0 atom stereocenters. The van der Waals surface area contributed by atoms with Crippen molar-refractivity contribution in [1.82, 2.24) is 15.5 Å². The summed E-state index contributed by atoms with van der Waals surface area (Å²) in [5.41, 5.74) is 1.86. The zero-order valence-electron chi connectivity index (χ0n) is 15.8. The Bertz CT molecular complexity index is 791. The van der Waals surface area contributed by atoms with Crippen LogP contribution < -0.4 is 10.6 Å². The Hall–Kier alpha value is -2.54. The molecule has 2 aromatic rings. The van der Waals surface area contributed by atoms with Crippen LogP contribution in [0.3, 0.4) is 0 Å². The summed E-state index contributed by atoms with van der Waals surface area (Å²) >= 11 is 0. The topological polar surface area (TPSA) is 39.7 Å². The second-order valence-electron chi connectivity index (χ2n) is 6.50. The summed E-state index contributed by atoms with van der Waals surface area (Å²) in [6, 6.07) is 8.41. The van der Waals surface area contributed by atoms with Gasteiger partial charge >= 0.3 is 0 Å². The number of guanidine groups is 1. The molecular formula is C20H25F3N4. The lowest BCUT2D eigenvalue weighted by Crippen LogP contribution is -2.38. The summed E-state index contributed by atoms with van der Waals surface area (Å²) in [6.07, 6.45) is 0.327. The van der Waals surface area contributed by atoms with Gasteiger partial charge in [-0.15, -0.1) is 0 Å². The molecule has 0 amide bonds. The highest BCUT2D eigenvalue weighted by atomic mass is 19.1. The highest BCUT2D eigenvalue weighted by Crippen LogP contribution is 2.12. The van der Waals surface area contributed by atoms with Crippen molar-refractivity contribution < 1.29 is 13.2 Å². The fraction of sp³-hybridized carbons (Fsp3) is 0.350. The van der Waals surface area contributed by atoms with Crippen LogP contribution in [0.5, 0.6) is 0 Å². The minimum atomic E-state index is -0.459. The van der Waals surface area contributed by atoms with Gasteiger partial charge in [-0.2, -0.15) is 0 Å². The molecule has 0 fully saturated rings. The maximum absolute atomic E-state index is 13.8. The SMILES string of the molecule is CN=C(NCCc1cc(F)ccc1F)NCc1ccc(F)c(CN(C)C)c1. The van der Waals surface area contributed by atoms with Gasteiger partial charge in [0.2, 0.25) is 0 Å². The predicted molar refractivity (Wildman–Crippen MR) is 102 cm³/mol. The highest BCUT2D eigenvalue weighted by Gasteiger charge is 2.07. The lowest BCUT2D eigenvalue weighted by Gasteiger charge is -2.14. The van der Waals surface area contributed by atoms with E-state index in [4.69, 9.17) is 0 Å². The van der Waals surface area contributed by atoms with E-state index in [1.165, 1.54) is 12.1 Å². The standard InChI is InChI=1S/C20H25F3N4/c1-24-20(25-9-8-15-11-17(21)5-7-18(15)22)26-12-14-4-6-19(23)16(10-14)13-27(2)3/h4-7,10-11H,8-9,12-13H2,1-3H3,(H2,24,25,26). The van der Waals surface area contributed by atoms with E-state index < -0.39 is 11.6 Å². The van der Waals surface area contributed by atoms with Crippen LogP contribution in [0.1, 0.15) is 16.7 Å². The maximum Gasteiger partial charge on any atom is 0.191 e. The van der Waals surface area contributed by atoms with Gasteiger partial charge < -0.3 is 15.5 Å². The molecule has 0 saturated heterocycles. The number of aliphatic imine (C=N–C) groups is 1. The van der Waals surface area contributed by atoms with Gasteiger partial charge in [0.15, 0.2) is 5.96 Å². The maximum atomic E-state index is 13.8. The largest absolute Gasteiger partial charge is 0.356 e. The van der Waals surface area contributed by atoms with Gasteiger partial charge in [-0.05, 0) is 62.0 Å². The molecule has 146 valence electrons. The molecule has 0 spiro atoms. The fourth-order valence-corrected chi connectivity index (χ4v) is 2.66. The first-order chi connectivity index (χ1) is 12.9. The molecule has 0 aromatic heterocycles. The molecule has 27 heavy (non-hydrogen) atoms. The van der Waals surface area contributed by atoms with Gasteiger partial charge in [-0.3, -0.25) is 4.99 Å². The van der Waals surface area contributed by atoms with Crippen molar-refractivity contribution in [3.05, 3.63) is 70.5 Å². The first kappa shape index (κ1) is 20.8. The fourth-order valence-electron chi connectivity index (χ4n) is 2.66. The van der Waals surface area contributed by atoms with E-state index in [0.29, 0.717) is 43.1 Å². The minimum Gasteiger partial charge on any atom is -0.356 e. The zero-order valence-corrected chi connectivity index (χ0v) is 15.8.